The van der Waals surface area contributed by atoms with E-state index in [1.54, 1.807) is 11.0 Å². The summed E-state index contributed by atoms with van der Waals surface area (Å²) in [6.45, 7) is 2.22. The van der Waals surface area contributed by atoms with Gasteiger partial charge in [-0.3, -0.25) is 25.0 Å². The molecule has 1 saturated heterocycles. The minimum atomic E-state index is -0.781. The van der Waals surface area contributed by atoms with Crippen LogP contribution in [0.15, 0.2) is 72.3 Å². The van der Waals surface area contributed by atoms with Crippen molar-refractivity contribution < 1.29 is 24.1 Å². The molecule has 4 rings (SSSR count). The number of nitriles is 1. The summed E-state index contributed by atoms with van der Waals surface area (Å²) in [6, 6.07) is 19.4. The lowest BCUT2D eigenvalue weighted by Crippen LogP contribution is -2.49. The van der Waals surface area contributed by atoms with Crippen LogP contribution >= 0.6 is 0 Å². The molecule has 39 heavy (non-hydrogen) atoms. The average Bonchev–Trinajstić information content (AvgIpc) is 2.96. The van der Waals surface area contributed by atoms with Gasteiger partial charge in [-0.15, -0.1) is 0 Å². The predicted molar refractivity (Wildman–Crippen MR) is 142 cm³/mol. The summed E-state index contributed by atoms with van der Waals surface area (Å²) in [5.74, 6) is -0.313. The van der Waals surface area contributed by atoms with Crippen LogP contribution in [0.1, 0.15) is 5.56 Å². The number of piperazine rings is 1. The number of carbonyl (C=O) groups is 1. The minimum absolute atomic E-state index is 0.0510. The monoisotopic (exact) mass is 529 g/mol. The second-order valence-corrected chi connectivity index (χ2v) is 8.46. The molecule has 12 heteroatoms. The van der Waals surface area contributed by atoms with Gasteiger partial charge in [-0.2, -0.15) is 5.26 Å². The highest BCUT2D eigenvalue weighted by Gasteiger charge is 2.25. The molecule has 1 heterocycles. The normalized spacial score (nSPS) is 13.4. The highest BCUT2D eigenvalue weighted by molar-refractivity contribution is 6.01. The van der Waals surface area contributed by atoms with Crippen molar-refractivity contribution in [2.24, 2.45) is 0 Å². The van der Waals surface area contributed by atoms with Crippen LogP contribution in [0.3, 0.4) is 0 Å². The number of hydrogen-bond acceptors (Lipinski definition) is 9. The summed E-state index contributed by atoms with van der Waals surface area (Å²) in [5.41, 5.74) is 0.473. The third-order valence-electron chi connectivity index (χ3n) is 6.11. The van der Waals surface area contributed by atoms with Gasteiger partial charge in [0, 0.05) is 37.9 Å². The van der Waals surface area contributed by atoms with Crippen molar-refractivity contribution in [3.8, 4) is 23.3 Å². The first-order valence-electron chi connectivity index (χ1n) is 11.8. The van der Waals surface area contributed by atoms with Gasteiger partial charge in [-0.1, -0.05) is 24.3 Å². The van der Waals surface area contributed by atoms with Crippen LogP contribution in [0, 0.1) is 31.6 Å². The minimum Gasteiger partial charge on any atom is -0.493 e. The Hall–Kier alpha value is -5.44. The molecular weight excluding hydrogens is 506 g/mol. The zero-order chi connectivity index (χ0) is 27.9. The quantitative estimate of drug-likeness (QED) is 0.177. The van der Waals surface area contributed by atoms with Crippen LogP contribution in [-0.4, -0.2) is 53.9 Å². The van der Waals surface area contributed by atoms with Crippen LogP contribution in [0.25, 0.3) is 6.08 Å². The lowest BCUT2D eigenvalue weighted by atomic mass is 10.1. The lowest BCUT2D eigenvalue weighted by Gasteiger charge is -2.36. The second kappa shape index (κ2) is 11.7. The first kappa shape index (κ1) is 26.6. The Kier molecular flexibility index (Phi) is 8.01. The predicted octanol–water partition coefficient (Wildman–Crippen LogP) is 4.56. The maximum atomic E-state index is 13.1. The molecule has 0 radical (unpaired) electrons. The Morgan fingerprint density at radius 2 is 1.62 bits per heavy atom. The van der Waals surface area contributed by atoms with Gasteiger partial charge in [0.05, 0.1) is 23.0 Å². The van der Waals surface area contributed by atoms with Crippen LogP contribution < -0.4 is 14.4 Å². The third kappa shape index (κ3) is 6.11. The number of carbonyl (C=O) groups excluding carboxylic acids is 1. The maximum Gasteiger partial charge on any atom is 0.318 e. The molecule has 1 amide bonds. The highest BCUT2D eigenvalue weighted by Crippen LogP contribution is 2.38. The van der Waals surface area contributed by atoms with Gasteiger partial charge in [0.25, 0.3) is 11.6 Å². The molecule has 12 nitrogen and oxygen atoms in total. The molecule has 0 N–H and O–H groups in total. The van der Waals surface area contributed by atoms with Crippen LogP contribution in [-0.2, 0) is 4.79 Å². The molecular formula is C27H23N5O7. The highest BCUT2D eigenvalue weighted by atomic mass is 16.6. The van der Waals surface area contributed by atoms with E-state index in [4.69, 9.17) is 9.47 Å². The van der Waals surface area contributed by atoms with Crippen molar-refractivity contribution in [3.63, 3.8) is 0 Å². The second-order valence-electron chi connectivity index (χ2n) is 8.46. The van der Waals surface area contributed by atoms with Gasteiger partial charge in [-0.05, 0) is 42.0 Å². The molecule has 0 aromatic heterocycles. The van der Waals surface area contributed by atoms with Crippen molar-refractivity contribution in [3.05, 3.63) is 98.1 Å². The number of rotatable bonds is 8. The van der Waals surface area contributed by atoms with Crippen molar-refractivity contribution in [1.82, 2.24) is 4.90 Å². The van der Waals surface area contributed by atoms with Gasteiger partial charge in [0.15, 0.2) is 11.5 Å². The SMILES string of the molecule is COc1cc(/C=C(/C#N)C(=O)N2CCN(c3ccccc3)CC2)ccc1Oc1ccc([N+](=O)[O-])cc1[N+](=O)[O-]. The first-order chi connectivity index (χ1) is 18.8. The molecule has 0 unspecified atom stereocenters. The molecule has 3 aromatic rings. The van der Waals surface area contributed by atoms with Crippen molar-refractivity contribution >= 4 is 29.0 Å². The fraction of sp³-hybridized carbons (Fsp3) is 0.185. The third-order valence-corrected chi connectivity index (χ3v) is 6.11. The molecule has 0 bridgehead atoms. The fourth-order valence-corrected chi connectivity index (χ4v) is 4.11. The van der Waals surface area contributed by atoms with E-state index in [-0.39, 0.29) is 28.7 Å². The topological polar surface area (TPSA) is 152 Å². The van der Waals surface area contributed by atoms with Crippen molar-refractivity contribution in [1.29, 1.82) is 5.26 Å². The van der Waals surface area contributed by atoms with Gasteiger partial charge < -0.3 is 19.3 Å². The number of hydrogen-bond donors (Lipinski definition) is 0. The van der Waals surface area contributed by atoms with E-state index in [1.165, 1.54) is 25.3 Å². The van der Waals surface area contributed by atoms with Gasteiger partial charge in [-0.25, -0.2) is 0 Å². The summed E-state index contributed by atoms with van der Waals surface area (Å²) in [7, 11) is 1.36. The van der Waals surface area contributed by atoms with E-state index >= 15 is 0 Å². The Morgan fingerprint density at radius 3 is 2.23 bits per heavy atom. The number of ether oxygens (including phenoxy) is 2. The van der Waals surface area contributed by atoms with Crippen LogP contribution in [0.4, 0.5) is 17.1 Å². The molecule has 3 aromatic carbocycles. The van der Waals surface area contributed by atoms with E-state index in [2.05, 4.69) is 4.90 Å². The number of methoxy groups -OCH3 is 1. The Balaban J connectivity index is 1.51. The van der Waals surface area contributed by atoms with E-state index < -0.39 is 21.2 Å². The number of amides is 1. The number of nitrogens with zero attached hydrogens (tertiary/aromatic N) is 5. The number of para-hydroxylation sites is 1. The Labute approximate surface area is 223 Å². The molecule has 0 saturated carbocycles. The van der Waals surface area contributed by atoms with Gasteiger partial charge in [0.1, 0.15) is 11.6 Å². The average molecular weight is 530 g/mol. The van der Waals surface area contributed by atoms with Gasteiger partial charge >= 0.3 is 5.69 Å². The zero-order valence-corrected chi connectivity index (χ0v) is 20.9. The van der Waals surface area contributed by atoms with Crippen LogP contribution in [0.5, 0.6) is 17.2 Å². The van der Waals surface area contributed by atoms with Crippen LogP contribution in [0.2, 0.25) is 0 Å². The van der Waals surface area contributed by atoms with Crippen molar-refractivity contribution in [2.45, 2.75) is 0 Å². The summed E-state index contributed by atoms with van der Waals surface area (Å²) >= 11 is 0. The molecule has 0 spiro atoms. The lowest BCUT2D eigenvalue weighted by molar-refractivity contribution is -0.394. The molecule has 1 aliphatic heterocycles. The largest absolute Gasteiger partial charge is 0.493 e. The number of nitro benzene ring substituents is 2. The zero-order valence-electron chi connectivity index (χ0n) is 20.9. The first-order valence-corrected chi connectivity index (χ1v) is 11.8. The Bertz CT molecular complexity index is 1480. The number of benzene rings is 3. The molecule has 0 aliphatic carbocycles. The van der Waals surface area contributed by atoms with E-state index in [9.17, 15) is 30.3 Å². The molecule has 0 atom stereocenters. The fourth-order valence-electron chi connectivity index (χ4n) is 4.11. The smallest absolute Gasteiger partial charge is 0.318 e. The molecule has 198 valence electrons. The number of non-ortho nitro benzene ring substituents is 1. The molecule has 1 fully saturated rings. The van der Waals surface area contributed by atoms with E-state index in [0.717, 1.165) is 23.9 Å². The summed E-state index contributed by atoms with van der Waals surface area (Å²) in [4.78, 5) is 37.8. The van der Waals surface area contributed by atoms with Crippen molar-refractivity contribution in [2.75, 3.05) is 38.2 Å². The number of anilines is 1. The summed E-state index contributed by atoms with van der Waals surface area (Å²) in [5, 5.41) is 32.1. The summed E-state index contributed by atoms with van der Waals surface area (Å²) in [6.07, 6.45) is 1.44. The van der Waals surface area contributed by atoms with E-state index in [1.807, 2.05) is 36.4 Å². The summed E-state index contributed by atoms with van der Waals surface area (Å²) < 4.78 is 11.0. The number of nitro groups is 2. The Morgan fingerprint density at radius 1 is 0.923 bits per heavy atom. The maximum absolute atomic E-state index is 13.1. The molecule has 1 aliphatic rings. The standard InChI is InChI=1S/C27H23N5O7/c1-38-26-16-19(7-9-25(26)39-24-10-8-22(31(34)35)17-23(24)32(36)37)15-20(18-28)27(33)30-13-11-29(12-14-30)21-5-3-2-4-6-21/h2-10,15-17H,11-14H2,1H3/b20-15-. The van der Waals surface area contributed by atoms with E-state index in [0.29, 0.717) is 31.7 Å². The van der Waals surface area contributed by atoms with Gasteiger partial charge in [0.2, 0.25) is 5.75 Å².